The van der Waals surface area contributed by atoms with Crippen LogP contribution >= 0.6 is 0 Å². The van der Waals surface area contributed by atoms with Crippen LogP contribution in [0.5, 0.6) is 0 Å². The number of aliphatic carboxylic acids is 1. The molecule has 2 rings (SSSR count). The number of carboxylic acid groups (broad SMARTS) is 1. The number of nitrogens with zero attached hydrogens (tertiary/aromatic N) is 2. The number of imidazole rings is 1. The summed E-state index contributed by atoms with van der Waals surface area (Å²) in [5.41, 5.74) is 0.717. The number of carboxylic acids is 1. The van der Waals surface area contributed by atoms with Gasteiger partial charge in [0, 0.05) is 18.4 Å². The molecule has 0 saturated carbocycles. The van der Waals surface area contributed by atoms with Crippen molar-refractivity contribution in [3.8, 4) is 5.69 Å². The Kier molecular flexibility index (Phi) is 4.26. The second-order valence-electron chi connectivity index (χ2n) is 6.49. The molecule has 118 valence electrons. The number of carbonyl (C=O) groups is 1. The first kappa shape index (κ1) is 16.1. The molecule has 0 aliphatic rings. The molecule has 0 radical (unpaired) electrons. The number of hydrogen-bond donors (Lipinski definition) is 1. The Hall–Kier alpha value is -2.30. The van der Waals surface area contributed by atoms with Gasteiger partial charge in [0.2, 0.25) is 0 Å². The van der Waals surface area contributed by atoms with Gasteiger partial charge in [-0.15, -0.1) is 0 Å². The van der Waals surface area contributed by atoms with Crippen LogP contribution in [0.25, 0.3) is 5.69 Å². The normalized spacial score (nSPS) is 11.9. The van der Waals surface area contributed by atoms with Gasteiger partial charge >= 0.3 is 11.7 Å². The highest BCUT2D eigenvalue weighted by atomic mass is 16.4. The van der Waals surface area contributed by atoms with Gasteiger partial charge in [0.25, 0.3) is 0 Å². The van der Waals surface area contributed by atoms with Gasteiger partial charge in [-0.2, -0.15) is 0 Å². The Balaban J connectivity index is 2.37. The van der Waals surface area contributed by atoms with E-state index < -0.39 is 11.4 Å². The summed E-state index contributed by atoms with van der Waals surface area (Å²) in [5, 5.41) is 9.24. The summed E-state index contributed by atoms with van der Waals surface area (Å²) in [5.74, 6) is -0.832. The number of rotatable bonds is 5. The lowest BCUT2D eigenvalue weighted by Crippen LogP contribution is -2.26. The average molecular weight is 302 g/mol. The van der Waals surface area contributed by atoms with Crippen LogP contribution in [-0.2, 0) is 11.2 Å². The fraction of sp³-hybridized carbons (Fsp3) is 0.412. The van der Waals surface area contributed by atoms with Crippen molar-refractivity contribution in [2.45, 2.75) is 40.2 Å². The van der Waals surface area contributed by atoms with Gasteiger partial charge in [0.05, 0.1) is 11.1 Å². The molecule has 0 aliphatic heterocycles. The molecular weight excluding hydrogens is 280 g/mol. The van der Waals surface area contributed by atoms with Crippen LogP contribution < -0.4 is 5.69 Å². The number of benzene rings is 1. The van der Waals surface area contributed by atoms with Crippen molar-refractivity contribution in [3.63, 3.8) is 0 Å². The van der Waals surface area contributed by atoms with Crippen molar-refractivity contribution in [2.24, 2.45) is 5.41 Å². The maximum atomic E-state index is 12.3. The minimum Gasteiger partial charge on any atom is -0.481 e. The van der Waals surface area contributed by atoms with Gasteiger partial charge in [-0.1, -0.05) is 12.1 Å². The van der Waals surface area contributed by atoms with Crippen molar-refractivity contribution >= 4 is 5.97 Å². The van der Waals surface area contributed by atoms with E-state index in [9.17, 15) is 14.7 Å². The Labute approximate surface area is 129 Å². The monoisotopic (exact) mass is 302 g/mol. The van der Waals surface area contributed by atoms with Crippen LogP contribution in [0.15, 0.2) is 41.5 Å². The lowest BCUT2D eigenvalue weighted by Gasteiger charge is -2.19. The van der Waals surface area contributed by atoms with E-state index in [0.717, 1.165) is 11.3 Å². The Morgan fingerprint density at radius 1 is 1.27 bits per heavy atom. The van der Waals surface area contributed by atoms with Gasteiger partial charge in [0.1, 0.15) is 0 Å². The summed E-state index contributed by atoms with van der Waals surface area (Å²) in [6.45, 7) is 7.31. The Morgan fingerprint density at radius 3 is 2.50 bits per heavy atom. The van der Waals surface area contributed by atoms with E-state index >= 15 is 0 Å². The van der Waals surface area contributed by atoms with Gasteiger partial charge in [-0.05, 0) is 51.8 Å². The quantitative estimate of drug-likeness (QED) is 0.923. The second-order valence-corrected chi connectivity index (χ2v) is 6.49. The van der Waals surface area contributed by atoms with Crippen LogP contribution in [0.2, 0.25) is 0 Å². The topological polar surface area (TPSA) is 64.2 Å². The minimum absolute atomic E-state index is 0.0929. The van der Waals surface area contributed by atoms with Gasteiger partial charge in [-0.25, -0.2) is 4.79 Å². The molecule has 0 unspecified atom stereocenters. The molecule has 0 bridgehead atoms. The molecule has 0 amide bonds. The van der Waals surface area contributed by atoms with Crippen LogP contribution in [-0.4, -0.2) is 20.2 Å². The largest absolute Gasteiger partial charge is 0.481 e. The Morgan fingerprint density at radius 2 is 1.95 bits per heavy atom. The molecule has 0 atom stereocenters. The first-order valence-corrected chi connectivity index (χ1v) is 7.34. The molecule has 1 aromatic heterocycles. The first-order chi connectivity index (χ1) is 10.2. The molecule has 2 aromatic rings. The molecule has 22 heavy (non-hydrogen) atoms. The SMILES string of the molecule is CC(C)n1ccn(-c2cccc(CC(C)(C)C(=O)O)c2)c1=O. The minimum atomic E-state index is -0.840. The highest BCUT2D eigenvalue weighted by Gasteiger charge is 2.27. The molecule has 5 nitrogen and oxygen atoms in total. The third-order valence-corrected chi connectivity index (χ3v) is 3.77. The van der Waals surface area contributed by atoms with E-state index in [1.807, 2.05) is 38.1 Å². The van der Waals surface area contributed by atoms with Crippen LogP contribution in [0.3, 0.4) is 0 Å². The average Bonchev–Trinajstić information content (AvgIpc) is 2.80. The molecule has 1 heterocycles. The smallest absolute Gasteiger partial charge is 0.332 e. The molecule has 5 heteroatoms. The highest BCUT2D eigenvalue weighted by Crippen LogP contribution is 2.23. The van der Waals surface area contributed by atoms with Crippen LogP contribution in [0, 0.1) is 5.41 Å². The summed E-state index contributed by atoms with van der Waals surface area (Å²) in [7, 11) is 0. The van der Waals surface area contributed by atoms with Crippen molar-refractivity contribution in [3.05, 3.63) is 52.7 Å². The van der Waals surface area contributed by atoms with Crippen molar-refractivity contribution in [1.29, 1.82) is 0 Å². The van der Waals surface area contributed by atoms with E-state index in [4.69, 9.17) is 0 Å². The zero-order chi connectivity index (χ0) is 16.5. The lowest BCUT2D eigenvalue weighted by molar-refractivity contribution is -0.146. The molecule has 0 saturated heterocycles. The van der Waals surface area contributed by atoms with E-state index in [1.165, 1.54) is 0 Å². The second kappa shape index (κ2) is 5.83. The fourth-order valence-corrected chi connectivity index (χ4v) is 2.38. The van der Waals surface area contributed by atoms with E-state index in [1.54, 1.807) is 35.4 Å². The number of hydrogen-bond acceptors (Lipinski definition) is 2. The fourth-order valence-electron chi connectivity index (χ4n) is 2.38. The van der Waals surface area contributed by atoms with Crippen molar-refractivity contribution in [2.75, 3.05) is 0 Å². The zero-order valence-electron chi connectivity index (χ0n) is 13.4. The summed E-state index contributed by atoms with van der Waals surface area (Å²) < 4.78 is 3.24. The predicted molar refractivity (Wildman–Crippen MR) is 85.5 cm³/mol. The van der Waals surface area contributed by atoms with Crippen molar-refractivity contribution in [1.82, 2.24) is 9.13 Å². The molecule has 0 spiro atoms. The van der Waals surface area contributed by atoms with Gasteiger partial charge in [-0.3, -0.25) is 13.9 Å². The molecule has 1 N–H and O–H groups in total. The van der Waals surface area contributed by atoms with E-state index in [2.05, 4.69) is 0 Å². The predicted octanol–water partition coefficient (Wildman–Crippen LogP) is 2.87. The summed E-state index contributed by atoms with van der Waals surface area (Å²) in [4.78, 5) is 23.6. The van der Waals surface area contributed by atoms with E-state index in [0.29, 0.717) is 6.42 Å². The highest BCUT2D eigenvalue weighted by molar-refractivity contribution is 5.74. The summed E-state index contributed by atoms with van der Waals surface area (Å²) >= 11 is 0. The maximum absolute atomic E-state index is 12.3. The number of aromatic nitrogens is 2. The molecule has 0 aliphatic carbocycles. The van der Waals surface area contributed by atoms with Crippen molar-refractivity contribution < 1.29 is 9.90 Å². The van der Waals surface area contributed by atoms with E-state index in [-0.39, 0.29) is 11.7 Å². The summed E-state index contributed by atoms with van der Waals surface area (Å²) in [6.07, 6.45) is 3.92. The molecular formula is C17H22N2O3. The Bertz CT molecular complexity index is 738. The lowest BCUT2D eigenvalue weighted by atomic mass is 9.86. The standard InChI is InChI=1S/C17H22N2O3/c1-12(2)18-8-9-19(16(18)22)14-7-5-6-13(10-14)11-17(3,4)15(20)21/h5-10,12H,11H2,1-4H3,(H,20,21). The van der Waals surface area contributed by atoms with Gasteiger partial charge in [0.15, 0.2) is 0 Å². The zero-order valence-corrected chi connectivity index (χ0v) is 13.4. The molecule has 1 aromatic carbocycles. The molecule has 0 fully saturated rings. The van der Waals surface area contributed by atoms with Crippen LogP contribution in [0.1, 0.15) is 39.3 Å². The van der Waals surface area contributed by atoms with Crippen LogP contribution in [0.4, 0.5) is 0 Å². The summed E-state index contributed by atoms with van der Waals surface area (Å²) in [6, 6.07) is 7.56. The third-order valence-electron chi connectivity index (χ3n) is 3.77. The maximum Gasteiger partial charge on any atom is 0.332 e. The van der Waals surface area contributed by atoms with Gasteiger partial charge < -0.3 is 5.11 Å². The third kappa shape index (κ3) is 3.13. The first-order valence-electron chi connectivity index (χ1n) is 7.34.